The zero-order valence-electron chi connectivity index (χ0n) is 14.4. The first-order chi connectivity index (χ1) is 11.6. The summed E-state index contributed by atoms with van der Waals surface area (Å²) in [4.78, 5) is 22.6. The maximum atomic E-state index is 12.8. The highest BCUT2D eigenvalue weighted by molar-refractivity contribution is 7.98. The molecule has 5 heteroatoms. The number of anilines is 1. The Labute approximate surface area is 147 Å². The normalized spacial score (nSPS) is 18.9. The van der Waals surface area contributed by atoms with Gasteiger partial charge in [0.15, 0.2) is 0 Å². The summed E-state index contributed by atoms with van der Waals surface area (Å²) in [5.74, 6) is 0.155. The lowest BCUT2D eigenvalue weighted by Gasteiger charge is -2.40. The molecule has 0 spiro atoms. The van der Waals surface area contributed by atoms with Crippen molar-refractivity contribution in [2.75, 3.05) is 24.2 Å². The molecule has 1 aromatic heterocycles. The molecule has 126 valence electrons. The summed E-state index contributed by atoms with van der Waals surface area (Å²) in [6.45, 7) is 6.11. The van der Waals surface area contributed by atoms with Gasteiger partial charge in [-0.15, -0.1) is 11.8 Å². The van der Waals surface area contributed by atoms with Crippen LogP contribution in [0.3, 0.4) is 0 Å². The van der Waals surface area contributed by atoms with Gasteiger partial charge in [-0.05, 0) is 44.4 Å². The van der Waals surface area contributed by atoms with Crippen molar-refractivity contribution in [1.82, 2.24) is 9.88 Å². The van der Waals surface area contributed by atoms with Crippen molar-refractivity contribution in [3.05, 3.63) is 53.9 Å². The third-order valence-corrected chi connectivity index (χ3v) is 5.05. The van der Waals surface area contributed by atoms with E-state index in [9.17, 15) is 4.79 Å². The SMILES string of the molecule is CSc1ccccc1N1C(=O)CN(Cc2cccc(C)n2)CC1C. The average molecular weight is 341 g/mol. The van der Waals surface area contributed by atoms with Gasteiger partial charge in [-0.1, -0.05) is 18.2 Å². The van der Waals surface area contributed by atoms with Crippen LogP contribution in [-0.2, 0) is 11.3 Å². The van der Waals surface area contributed by atoms with Gasteiger partial charge in [0, 0.05) is 29.7 Å². The number of carbonyl (C=O) groups is 1. The number of rotatable bonds is 4. The number of amides is 1. The van der Waals surface area contributed by atoms with E-state index in [4.69, 9.17) is 0 Å². The molecule has 0 bridgehead atoms. The fourth-order valence-corrected chi connectivity index (χ4v) is 3.86. The van der Waals surface area contributed by atoms with Gasteiger partial charge in [-0.3, -0.25) is 14.7 Å². The molecule has 24 heavy (non-hydrogen) atoms. The minimum absolute atomic E-state index is 0.143. The molecule has 1 atom stereocenters. The molecule has 1 amide bonds. The number of aromatic nitrogens is 1. The third kappa shape index (κ3) is 3.62. The highest BCUT2D eigenvalue weighted by Crippen LogP contribution is 2.31. The fraction of sp³-hybridized carbons (Fsp3) is 0.368. The van der Waals surface area contributed by atoms with Gasteiger partial charge in [0.2, 0.25) is 5.91 Å². The molecule has 1 aromatic carbocycles. The predicted octanol–water partition coefficient (Wildman–Crippen LogP) is 3.35. The molecule has 1 aliphatic heterocycles. The summed E-state index contributed by atoms with van der Waals surface area (Å²) >= 11 is 1.68. The minimum atomic E-state index is 0.143. The van der Waals surface area contributed by atoms with E-state index < -0.39 is 0 Å². The lowest BCUT2D eigenvalue weighted by Crippen LogP contribution is -2.55. The standard InChI is InChI=1S/C19H23N3OS/c1-14-7-6-8-16(20-14)12-21-11-15(2)22(19(23)13-21)17-9-4-5-10-18(17)24-3/h4-10,15H,11-13H2,1-3H3. The molecule has 1 aliphatic rings. The number of thioether (sulfide) groups is 1. The van der Waals surface area contributed by atoms with Crippen LogP contribution >= 0.6 is 11.8 Å². The molecule has 0 aliphatic carbocycles. The van der Waals surface area contributed by atoms with E-state index >= 15 is 0 Å². The number of aryl methyl sites for hydroxylation is 1. The van der Waals surface area contributed by atoms with E-state index in [-0.39, 0.29) is 11.9 Å². The Morgan fingerprint density at radius 2 is 2.00 bits per heavy atom. The number of nitrogens with zero attached hydrogens (tertiary/aromatic N) is 3. The Morgan fingerprint density at radius 1 is 1.21 bits per heavy atom. The van der Waals surface area contributed by atoms with Crippen molar-refractivity contribution in [2.45, 2.75) is 31.3 Å². The van der Waals surface area contributed by atoms with Crippen LogP contribution in [0.5, 0.6) is 0 Å². The average Bonchev–Trinajstić information content (AvgIpc) is 2.54. The summed E-state index contributed by atoms with van der Waals surface area (Å²) in [6, 6.07) is 14.3. The van der Waals surface area contributed by atoms with Crippen molar-refractivity contribution in [3.8, 4) is 0 Å². The number of benzene rings is 1. The van der Waals surface area contributed by atoms with E-state index in [1.807, 2.05) is 54.5 Å². The monoisotopic (exact) mass is 341 g/mol. The van der Waals surface area contributed by atoms with E-state index in [0.717, 1.165) is 35.1 Å². The number of carbonyl (C=O) groups excluding carboxylic acids is 1. The van der Waals surface area contributed by atoms with Crippen molar-refractivity contribution in [1.29, 1.82) is 0 Å². The Balaban J connectivity index is 1.76. The molecule has 1 fully saturated rings. The third-order valence-electron chi connectivity index (χ3n) is 4.27. The highest BCUT2D eigenvalue weighted by atomic mass is 32.2. The van der Waals surface area contributed by atoms with Crippen LogP contribution in [-0.4, -0.2) is 41.2 Å². The molecular weight excluding hydrogens is 318 g/mol. The number of hydrogen-bond donors (Lipinski definition) is 0. The van der Waals surface area contributed by atoms with Crippen molar-refractivity contribution < 1.29 is 4.79 Å². The molecule has 0 N–H and O–H groups in total. The van der Waals surface area contributed by atoms with Crippen LogP contribution in [0.25, 0.3) is 0 Å². The molecule has 1 saturated heterocycles. The van der Waals surface area contributed by atoms with E-state index in [1.165, 1.54) is 0 Å². The zero-order valence-corrected chi connectivity index (χ0v) is 15.2. The number of piperazine rings is 1. The van der Waals surface area contributed by atoms with E-state index in [0.29, 0.717) is 6.54 Å². The molecular formula is C19H23N3OS. The molecule has 0 saturated carbocycles. The van der Waals surface area contributed by atoms with Crippen LogP contribution < -0.4 is 4.90 Å². The first-order valence-electron chi connectivity index (χ1n) is 8.18. The Kier molecular flexibility index (Phi) is 5.21. The van der Waals surface area contributed by atoms with Crippen LogP contribution in [0.15, 0.2) is 47.4 Å². The molecule has 3 rings (SSSR count). The van der Waals surface area contributed by atoms with Crippen LogP contribution in [0.4, 0.5) is 5.69 Å². The minimum Gasteiger partial charge on any atom is -0.306 e. The zero-order chi connectivity index (χ0) is 17.1. The van der Waals surface area contributed by atoms with E-state index in [1.54, 1.807) is 11.8 Å². The molecule has 1 unspecified atom stereocenters. The van der Waals surface area contributed by atoms with Gasteiger partial charge in [0.1, 0.15) is 0 Å². The highest BCUT2D eigenvalue weighted by Gasteiger charge is 2.32. The van der Waals surface area contributed by atoms with Gasteiger partial charge >= 0.3 is 0 Å². The molecule has 0 radical (unpaired) electrons. The lowest BCUT2D eigenvalue weighted by atomic mass is 10.1. The van der Waals surface area contributed by atoms with Gasteiger partial charge in [-0.25, -0.2) is 0 Å². The van der Waals surface area contributed by atoms with Crippen molar-refractivity contribution in [3.63, 3.8) is 0 Å². The largest absolute Gasteiger partial charge is 0.306 e. The first-order valence-corrected chi connectivity index (χ1v) is 9.41. The van der Waals surface area contributed by atoms with Gasteiger partial charge in [0.05, 0.1) is 17.9 Å². The lowest BCUT2D eigenvalue weighted by molar-refractivity contribution is -0.122. The van der Waals surface area contributed by atoms with Gasteiger partial charge < -0.3 is 4.90 Å². The number of para-hydroxylation sites is 1. The first kappa shape index (κ1) is 17.0. The van der Waals surface area contributed by atoms with Crippen molar-refractivity contribution >= 4 is 23.4 Å². The second-order valence-electron chi connectivity index (χ2n) is 6.22. The Morgan fingerprint density at radius 3 is 2.71 bits per heavy atom. The molecule has 2 heterocycles. The smallest absolute Gasteiger partial charge is 0.241 e. The van der Waals surface area contributed by atoms with Crippen LogP contribution in [0.2, 0.25) is 0 Å². The fourth-order valence-electron chi connectivity index (χ4n) is 3.27. The second-order valence-corrected chi connectivity index (χ2v) is 7.07. The van der Waals surface area contributed by atoms with E-state index in [2.05, 4.69) is 22.9 Å². The Bertz CT molecular complexity index is 734. The maximum Gasteiger partial charge on any atom is 0.241 e. The Hall–Kier alpha value is -1.85. The predicted molar refractivity (Wildman–Crippen MR) is 99.4 cm³/mol. The quantitative estimate of drug-likeness (QED) is 0.799. The summed E-state index contributed by atoms with van der Waals surface area (Å²) in [5.41, 5.74) is 3.06. The summed E-state index contributed by atoms with van der Waals surface area (Å²) in [5, 5.41) is 0. The summed E-state index contributed by atoms with van der Waals surface area (Å²) in [6.07, 6.45) is 2.05. The van der Waals surface area contributed by atoms with Gasteiger partial charge in [0.25, 0.3) is 0 Å². The van der Waals surface area contributed by atoms with Crippen molar-refractivity contribution in [2.24, 2.45) is 0 Å². The summed E-state index contributed by atoms with van der Waals surface area (Å²) < 4.78 is 0. The number of hydrogen-bond acceptors (Lipinski definition) is 4. The van der Waals surface area contributed by atoms with Crippen LogP contribution in [0, 0.1) is 6.92 Å². The van der Waals surface area contributed by atoms with Gasteiger partial charge in [-0.2, -0.15) is 0 Å². The molecule has 2 aromatic rings. The second kappa shape index (κ2) is 7.36. The topological polar surface area (TPSA) is 36.4 Å². The number of pyridine rings is 1. The van der Waals surface area contributed by atoms with Crippen LogP contribution in [0.1, 0.15) is 18.3 Å². The maximum absolute atomic E-state index is 12.8. The summed E-state index contributed by atoms with van der Waals surface area (Å²) in [7, 11) is 0. The molecule has 4 nitrogen and oxygen atoms in total.